The van der Waals surface area contributed by atoms with Crippen LogP contribution in [0.15, 0.2) is 30.5 Å². The molecule has 0 aliphatic carbocycles. The van der Waals surface area contributed by atoms with Gasteiger partial charge in [0.2, 0.25) is 5.91 Å². The van der Waals surface area contributed by atoms with Gasteiger partial charge in [-0.2, -0.15) is 0 Å². The van der Waals surface area contributed by atoms with Gasteiger partial charge in [-0.05, 0) is 31.5 Å². The molecule has 0 radical (unpaired) electrons. The van der Waals surface area contributed by atoms with Crippen molar-refractivity contribution in [2.24, 2.45) is 5.73 Å². The van der Waals surface area contributed by atoms with E-state index in [1.807, 2.05) is 24.3 Å². The molecule has 0 bridgehead atoms. The number of nitrogens with two attached hydrogens (primary N) is 1. The third-order valence-corrected chi connectivity index (χ3v) is 3.77. The zero-order valence-electron chi connectivity index (χ0n) is 11.3. The molecule has 106 valence electrons. The van der Waals surface area contributed by atoms with E-state index >= 15 is 0 Å². The normalized spacial score (nSPS) is 11.4. The van der Waals surface area contributed by atoms with Crippen molar-refractivity contribution in [2.45, 2.75) is 25.8 Å². The van der Waals surface area contributed by atoms with Gasteiger partial charge < -0.3 is 11.1 Å². The lowest BCUT2D eigenvalue weighted by Gasteiger charge is -2.16. The average Bonchev–Trinajstić information content (AvgIpc) is 2.75. The highest BCUT2D eigenvalue weighted by molar-refractivity contribution is 7.15. The predicted octanol–water partition coefficient (Wildman–Crippen LogP) is 3.06. The van der Waals surface area contributed by atoms with Gasteiger partial charge in [-0.3, -0.25) is 4.79 Å². The Bertz CT molecular complexity index is 619. The van der Waals surface area contributed by atoms with Crippen LogP contribution in [-0.4, -0.2) is 16.4 Å². The van der Waals surface area contributed by atoms with Crippen molar-refractivity contribution in [3.05, 3.63) is 45.9 Å². The van der Waals surface area contributed by atoms with Crippen LogP contribution in [-0.2, 0) is 11.2 Å². The molecule has 4 nitrogen and oxygen atoms in total. The summed E-state index contributed by atoms with van der Waals surface area (Å²) in [5, 5.41) is 3.99. The quantitative estimate of drug-likeness (QED) is 0.912. The standard InChI is InChI=1S/C14H16ClN3OS/c1-14(2,16)12(19)18-13-17-8-11(20-13)7-9-4-3-5-10(15)6-9/h3-6,8H,7,16H2,1-2H3,(H,17,18,19). The molecule has 0 unspecified atom stereocenters. The molecule has 0 saturated heterocycles. The molecule has 0 fully saturated rings. The third-order valence-electron chi connectivity index (χ3n) is 2.63. The lowest BCUT2D eigenvalue weighted by atomic mass is 10.1. The minimum atomic E-state index is -0.918. The highest BCUT2D eigenvalue weighted by Crippen LogP contribution is 2.23. The van der Waals surface area contributed by atoms with E-state index in [2.05, 4.69) is 10.3 Å². The molecule has 0 saturated carbocycles. The maximum absolute atomic E-state index is 11.8. The van der Waals surface area contributed by atoms with Crippen LogP contribution >= 0.6 is 22.9 Å². The smallest absolute Gasteiger partial charge is 0.245 e. The monoisotopic (exact) mass is 309 g/mol. The fourth-order valence-electron chi connectivity index (χ4n) is 1.55. The Balaban J connectivity index is 2.04. The van der Waals surface area contributed by atoms with Crippen LogP contribution in [0, 0.1) is 0 Å². The Morgan fingerprint density at radius 1 is 1.50 bits per heavy atom. The first-order valence-corrected chi connectivity index (χ1v) is 7.33. The van der Waals surface area contributed by atoms with Crippen molar-refractivity contribution in [2.75, 3.05) is 5.32 Å². The van der Waals surface area contributed by atoms with Crippen LogP contribution in [0.4, 0.5) is 5.13 Å². The summed E-state index contributed by atoms with van der Waals surface area (Å²) in [6.07, 6.45) is 2.49. The Kier molecular flexibility index (Phi) is 4.42. The average molecular weight is 310 g/mol. The number of benzene rings is 1. The number of aromatic nitrogens is 1. The fraction of sp³-hybridized carbons (Fsp3) is 0.286. The first kappa shape index (κ1) is 15.0. The Labute approximate surface area is 127 Å². The van der Waals surface area contributed by atoms with Crippen LogP contribution < -0.4 is 11.1 Å². The number of hydrogen-bond acceptors (Lipinski definition) is 4. The van der Waals surface area contributed by atoms with Crippen LogP contribution in [0.1, 0.15) is 24.3 Å². The molecule has 0 aliphatic heterocycles. The molecule has 6 heteroatoms. The van der Waals surface area contributed by atoms with Crippen LogP contribution in [0.2, 0.25) is 5.02 Å². The van der Waals surface area contributed by atoms with Gasteiger partial charge >= 0.3 is 0 Å². The number of anilines is 1. The number of carbonyl (C=O) groups is 1. The Morgan fingerprint density at radius 2 is 2.25 bits per heavy atom. The molecule has 2 rings (SSSR count). The second kappa shape index (κ2) is 5.91. The van der Waals surface area contributed by atoms with Crippen LogP contribution in [0.25, 0.3) is 0 Å². The molecule has 0 aliphatic rings. The van der Waals surface area contributed by atoms with E-state index in [4.69, 9.17) is 17.3 Å². The predicted molar refractivity (Wildman–Crippen MR) is 83.3 cm³/mol. The number of nitrogens with zero attached hydrogens (tertiary/aromatic N) is 1. The molecular formula is C14H16ClN3OS. The molecule has 1 heterocycles. The highest BCUT2D eigenvalue weighted by atomic mass is 35.5. The lowest BCUT2D eigenvalue weighted by Crippen LogP contribution is -2.45. The van der Waals surface area contributed by atoms with Gasteiger partial charge in [0.1, 0.15) is 0 Å². The molecule has 0 spiro atoms. The number of thiazole rings is 1. The van der Waals surface area contributed by atoms with Crippen molar-refractivity contribution in [3.8, 4) is 0 Å². The van der Waals surface area contributed by atoms with Gasteiger partial charge in [0.05, 0.1) is 5.54 Å². The molecule has 20 heavy (non-hydrogen) atoms. The Hall–Kier alpha value is -1.43. The molecule has 1 aromatic carbocycles. The molecule has 2 aromatic rings. The van der Waals surface area contributed by atoms with Crippen LogP contribution in [0.5, 0.6) is 0 Å². The number of rotatable bonds is 4. The summed E-state index contributed by atoms with van der Waals surface area (Å²) in [7, 11) is 0. The molecule has 0 atom stereocenters. The lowest BCUT2D eigenvalue weighted by molar-refractivity contribution is -0.120. The summed E-state index contributed by atoms with van der Waals surface area (Å²) >= 11 is 7.39. The third kappa shape index (κ3) is 4.03. The summed E-state index contributed by atoms with van der Waals surface area (Å²) in [6.45, 7) is 3.31. The molecule has 1 amide bonds. The summed E-state index contributed by atoms with van der Waals surface area (Å²) < 4.78 is 0. The van der Waals surface area contributed by atoms with E-state index in [1.54, 1.807) is 20.0 Å². The number of halogens is 1. The first-order chi connectivity index (χ1) is 9.34. The largest absolute Gasteiger partial charge is 0.318 e. The van der Waals surface area contributed by atoms with Crippen molar-refractivity contribution >= 4 is 34.0 Å². The number of hydrogen-bond donors (Lipinski definition) is 2. The van der Waals surface area contributed by atoms with E-state index in [0.717, 1.165) is 16.9 Å². The minimum absolute atomic E-state index is 0.249. The van der Waals surface area contributed by atoms with Crippen molar-refractivity contribution in [1.29, 1.82) is 0 Å². The van der Waals surface area contributed by atoms with Crippen molar-refractivity contribution in [1.82, 2.24) is 4.98 Å². The molecular weight excluding hydrogens is 294 g/mol. The summed E-state index contributed by atoms with van der Waals surface area (Å²) in [6, 6.07) is 7.68. The number of amides is 1. The summed E-state index contributed by atoms with van der Waals surface area (Å²) in [4.78, 5) is 17.0. The summed E-state index contributed by atoms with van der Waals surface area (Å²) in [5.74, 6) is -0.249. The van der Waals surface area contributed by atoms with E-state index in [-0.39, 0.29) is 5.91 Å². The van der Waals surface area contributed by atoms with Gasteiger partial charge in [0.25, 0.3) is 0 Å². The van der Waals surface area contributed by atoms with Gasteiger partial charge in [-0.1, -0.05) is 23.7 Å². The number of nitrogens with one attached hydrogen (secondary N) is 1. The maximum atomic E-state index is 11.8. The summed E-state index contributed by atoms with van der Waals surface area (Å²) in [5.41, 5.74) is 5.92. The van der Waals surface area contributed by atoms with E-state index in [1.165, 1.54) is 11.3 Å². The molecule has 1 aromatic heterocycles. The second-order valence-corrected chi connectivity index (χ2v) is 6.67. The topological polar surface area (TPSA) is 68.0 Å². The SMILES string of the molecule is CC(C)(N)C(=O)Nc1ncc(Cc2cccc(Cl)c2)s1. The van der Waals surface area contributed by atoms with Crippen molar-refractivity contribution < 1.29 is 4.79 Å². The molecule has 3 N–H and O–H groups in total. The Morgan fingerprint density at radius 3 is 2.90 bits per heavy atom. The zero-order valence-corrected chi connectivity index (χ0v) is 12.9. The van der Waals surface area contributed by atoms with Gasteiger partial charge in [-0.15, -0.1) is 11.3 Å². The first-order valence-electron chi connectivity index (χ1n) is 6.14. The van der Waals surface area contributed by atoms with Crippen LogP contribution in [0.3, 0.4) is 0 Å². The van der Waals surface area contributed by atoms with Gasteiger partial charge in [0, 0.05) is 22.5 Å². The van der Waals surface area contributed by atoms with E-state index < -0.39 is 5.54 Å². The van der Waals surface area contributed by atoms with Gasteiger partial charge in [0.15, 0.2) is 5.13 Å². The minimum Gasteiger partial charge on any atom is -0.318 e. The fourth-order valence-corrected chi connectivity index (χ4v) is 2.61. The number of carbonyl (C=O) groups excluding carboxylic acids is 1. The van der Waals surface area contributed by atoms with Gasteiger partial charge in [-0.25, -0.2) is 4.98 Å². The zero-order chi connectivity index (χ0) is 14.8. The van der Waals surface area contributed by atoms with E-state index in [9.17, 15) is 4.79 Å². The second-order valence-electron chi connectivity index (χ2n) is 5.11. The maximum Gasteiger partial charge on any atom is 0.245 e. The van der Waals surface area contributed by atoms with E-state index in [0.29, 0.717) is 10.2 Å². The highest BCUT2D eigenvalue weighted by Gasteiger charge is 2.22. The van der Waals surface area contributed by atoms with Crippen molar-refractivity contribution in [3.63, 3.8) is 0 Å².